The van der Waals surface area contributed by atoms with Gasteiger partial charge in [0.25, 0.3) is 0 Å². The number of β-amino-alcohol motifs (C(OH)–C–C–N with tert-alkyl or cyclic N) is 1. The highest BCUT2D eigenvalue weighted by atomic mass is 16.6. The lowest BCUT2D eigenvalue weighted by molar-refractivity contribution is 0.0420. The van der Waals surface area contributed by atoms with Gasteiger partial charge in [0.05, 0.1) is 13.2 Å². The van der Waals surface area contributed by atoms with Crippen LogP contribution in [0.15, 0.2) is 66.7 Å². The Hall–Kier alpha value is -3.05. The third kappa shape index (κ3) is 4.20. The first-order chi connectivity index (χ1) is 14.1. The molecule has 1 fully saturated rings. The SMILES string of the molecule is CCOC(=O)N1CCC(O)(c2cccc(OCc3ccc4ccccc4c3)c2)C1. The summed E-state index contributed by atoms with van der Waals surface area (Å²) in [6.07, 6.45) is 0.0899. The van der Waals surface area contributed by atoms with Gasteiger partial charge in [-0.15, -0.1) is 0 Å². The molecule has 1 N–H and O–H groups in total. The Balaban J connectivity index is 1.45. The zero-order valence-electron chi connectivity index (χ0n) is 16.5. The molecule has 1 heterocycles. The Labute approximate surface area is 170 Å². The molecular weight excluding hydrogens is 366 g/mol. The van der Waals surface area contributed by atoms with Crippen LogP contribution in [-0.2, 0) is 16.9 Å². The molecule has 0 saturated carbocycles. The minimum Gasteiger partial charge on any atom is -0.489 e. The lowest BCUT2D eigenvalue weighted by Crippen LogP contribution is -2.34. The molecule has 1 amide bonds. The largest absolute Gasteiger partial charge is 0.489 e. The lowest BCUT2D eigenvalue weighted by Gasteiger charge is -2.24. The van der Waals surface area contributed by atoms with Crippen LogP contribution in [0.2, 0.25) is 0 Å². The maximum atomic E-state index is 12.0. The zero-order chi connectivity index (χ0) is 20.3. The fraction of sp³-hybridized carbons (Fsp3) is 0.292. The van der Waals surface area contributed by atoms with Crippen molar-refractivity contribution in [3.8, 4) is 5.75 Å². The van der Waals surface area contributed by atoms with Crippen LogP contribution in [0.25, 0.3) is 10.8 Å². The van der Waals surface area contributed by atoms with Crippen LogP contribution in [-0.4, -0.2) is 35.8 Å². The van der Waals surface area contributed by atoms with Crippen molar-refractivity contribution in [2.45, 2.75) is 25.6 Å². The summed E-state index contributed by atoms with van der Waals surface area (Å²) in [5, 5.41) is 13.5. The molecule has 4 rings (SSSR count). The number of aliphatic hydroxyl groups is 1. The summed E-state index contributed by atoms with van der Waals surface area (Å²) in [7, 11) is 0. The van der Waals surface area contributed by atoms with E-state index in [-0.39, 0.29) is 12.6 Å². The molecule has 1 saturated heterocycles. The van der Waals surface area contributed by atoms with Gasteiger partial charge >= 0.3 is 6.09 Å². The maximum absolute atomic E-state index is 12.0. The molecule has 1 unspecified atom stereocenters. The molecule has 3 aromatic rings. The summed E-state index contributed by atoms with van der Waals surface area (Å²) in [6.45, 7) is 3.24. The van der Waals surface area contributed by atoms with Gasteiger partial charge in [0.2, 0.25) is 0 Å². The van der Waals surface area contributed by atoms with E-state index in [9.17, 15) is 9.90 Å². The van der Waals surface area contributed by atoms with Gasteiger partial charge in [-0.25, -0.2) is 4.79 Å². The summed E-state index contributed by atoms with van der Waals surface area (Å²) in [4.78, 5) is 13.5. The summed E-state index contributed by atoms with van der Waals surface area (Å²) >= 11 is 0. The van der Waals surface area contributed by atoms with Crippen LogP contribution in [0, 0.1) is 0 Å². The van der Waals surface area contributed by atoms with Crippen LogP contribution in [0.1, 0.15) is 24.5 Å². The van der Waals surface area contributed by atoms with E-state index in [0.717, 1.165) is 11.1 Å². The standard InChI is InChI=1S/C24H25NO4/c1-2-28-23(26)25-13-12-24(27,17-25)21-8-5-9-22(15-21)29-16-18-10-11-19-6-3-4-7-20(19)14-18/h3-11,14-15,27H,2,12-13,16-17H2,1H3. The predicted molar refractivity (Wildman–Crippen MR) is 112 cm³/mol. The summed E-state index contributed by atoms with van der Waals surface area (Å²) in [5.41, 5.74) is 0.747. The zero-order valence-corrected chi connectivity index (χ0v) is 16.5. The van der Waals surface area contributed by atoms with Crippen molar-refractivity contribution in [1.29, 1.82) is 0 Å². The Morgan fingerprint density at radius 2 is 1.90 bits per heavy atom. The molecule has 0 spiro atoms. The van der Waals surface area contributed by atoms with E-state index in [4.69, 9.17) is 9.47 Å². The molecule has 29 heavy (non-hydrogen) atoms. The average molecular weight is 391 g/mol. The molecule has 1 aliphatic rings. The minimum absolute atomic E-state index is 0.222. The Bertz CT molecular complexity index is 1020. The maximum Gasteiger partial charge on any atom is 0.409 e. The highest BCUT2D eigenvalue weighted by molar-refractivity contribution is 5.82. The Morgan fingerprint density at radius 1 is 1.07 bits per heavy atom. The molecule has 0 aromatic heterocycles. The van der Waals surface area contributed by atoms with Crippen LogP contribution >= 0.6 is 0 Å². The fourth-order valence-electron chi connectivity index (χ4n) is 3.77. The van der Waals surface area contributed by atoms with Crippen LogP contribution in [0.3, 0.4) is 0 Å². The van der Waals surface area contributed by atoms with Gasteiger partial charge in [0.1, 0.15) is 18.0 Å². The summed E-state index contributed by atoms with van der Waals surface area (Å²) < 4.78 is 11.0. The molecule has 0 radical (unpaired) electrons. The van der Waals surface area contributed by atoms with Gasteiger partial charge in [-0.3, -0.25) is 0 Å². The fourth-order valence-corrected chi connectivity index (χ4v) is 3.77. The minimum atomic E-state index is -1.09. The van der Waals surface area contributed by atoms with E-state index < -0.39 is 5.60 Å². The van der Waals surface area contributed by atoms with Crippen LogP contribution in [0.4, 0.5) is 4.79 Å². The van der Waals surface area contributed by atoms with Gasteiger partial charge in [-0.1, -0.05) is 48.5 Å². The predicted octanol–water partition coefficient (Wildman–Crippen LogP) is 4.47. The number of fused-ring (bicyclic) bond motifs is 1. The first kappa shape index (κ1) is 19.3. The van der Waals surface area contributed by atoms with E-state index in [1.165, 1.54) is 10.8 Å². The Kier molecular flexibility index (Phi) is 5.41. The molecule has 3 aromatic carbocycles. The normalized spacial score (nSPS) is 18.8. The summed E-state index contributed by atoms with van der Waals surface area (Å²) in [5.74, 6) is 0.693. The number of hydrogen-bond acceptors (Lipinski definition) is 4. The van der Waals surface area contributed by atoms with Crippen molar-refractivity contribution in [3.63, 3.8) is 0 Å². The molecule has 0 bridgehead atoms. The number of likely N-dealkylation sites (tertiary alicyclic amines) is 1. The van der Waals surface area contributed by atoms with Crippen molar-refractivity contribution < 1.29 is 19.4 Å². The topological polar surface area (TPSA) is 59.0 Å². The van der Waals surface area contributed by atoms with E-state index >= 15 is 0 Å². The van der Waals surface area contributed by atoms with Gasteiger partial charge < -0.3 is 19.5 Å². The van der Waals surface area contributed by atoms with E-state index in [2.05, 4.69) is 30.3 Å². The summed E-state index contributed by atoms with van der Waals surface area (Å²) in [6, 6.07) is 22.0. The van der Waals surface area contributed by atoms with Crippen LogP contribution in [0.5, 0.6) is 5.75 Å². The second-order valence-corrected chi connectivity index (χ2v) is 7.40. The van der Waals surface area contributed by atoms with Gasteiger partial charge in [-0.05, 0) is 53.4 Å². The van der Waals surface area contributed by atoms with Crippen molar-refractivity contribution in [1.82, 2.24) is 4.90 Å². The number of amides is 1. The number of carbonyl (C=O) groups excluding carboxylic acids is 1. The smallest absolute Gasteiger partial charge is 0.409 e. The molecule has 1 atom stereocenters. The van der Waals surface area contributed by atoms with E-state index in [1.807, 2.05) is 36.4 Å². The monoisotopic (exact) mass is 391 g/mol. The third-order valence-electron chi connectivity index (χ3n) is 5.36. The highest BCUT2D eigenvalue weighted by Gasteiger charge is 2.40. The quantitative estimate of drug-likeness (QED) is 0.697. The molecule has 5 heteroatoms. The van der Waals surface area contributed by atoms with Crippen LogP contribution < -0.4 is 4.74 Å². The molecule has 5 nitrogen and oxygen atoms in total. The molecule has 0 aliphatic carbocycles. The van der Waals surface area contributed by atoms with Crippen molar-refractivity contribution in [3.05, 3.63) is 77.9 Å². The molecule has 150 valence electrons. The van der Waals surface area contributed by atoms with Crippen molar-refractivity contribution in [2.75, 3.05) is 19.7 Å². The average Bonchev–Trinajstić information content (AvgIpc) is 3.16. The number of benzene rings is 3. The first-order valence-corrected chi connectivity index (χ1v) is 9.92. The number of hydrogen-bond donors (Lipinski definition) is 1. The van der Waals surface area contributed by atoms with E-state index in [1.54, 1.807) is 11.8 Å². The van der Waals surface area contributed by atoms with Crippen molar-refractivity contribution >= 4 is 16.9 Å². The first-order valence-electron chi connectivity index (χ1n) is 9.92. The van der Waals surface area contributed by atoms with Gasteiger partial charge in [-0.2, -0.15) is 0 Å². The van der Waals surface area contributed by atoms with Gasteiger partial charge in [0, 0.05) is 6.54 Å². The number of nitrogens with zero attached hydrogens (tertiary/aromatic N) is 1. The number of ether oxygens (including phenoxy) is 2. The number of carbonyl (C=O) groups is 1. The second kappa shape index (κ2) is 8.13. The Morgan fingerprint density at radius 3 is 2.72 bits per heavy atom. The molecular formula is C24H25NO4. The number of rotatable bonds is 5. The second-order valence-electron chi connectivity index (χ2n) is 7.40. The third-order valence-corrected chi connectivity index (χ3v) is 5.36. The molecule has 1 aliphatic heterocycles. The van der Waals surface area contributed by atoms with Gasteiger partial charge in [0.15, 0.2) is 0 Å². The van der Waals surface area contributed by atoms with Crippen molar-refractivity contribution in [2.24, 2.45) is 0 Å². The lowest BCUT2D eigenvalue weighted by atomic mass is 9.93. The van der Waals surface area contributed by atoms with E-state index in [0.29, 0.717) is 31.9 Å². The highest BCUT2D eigenvalue weighted by Crippen LogP contribution is 2.34.